The number of thiazole rings is 1. The molecule has 4 rings (SSSR count). The van der Waals surface area contributed by atoms with Crippen molar-refractivity contribution in [1.82, 2.24) is 4.98 Å². The SMILES string of the molecule is O=C1N=c2ccc(Cl)cc2=C1c1sc(Nc2cccc(Cl)c2Cl)nc1O. The Labute approximate surface area is 166 Å². The highest BCUT2D eigenvalue weighted by atomic mass is 35.5. The second-order valence-corrected chi connectivity index (χ2v) is 7.57. The molecule has 2 N–H and O–H groups in total. The molecule has 0 atom stereocenters. The number of hydrogen-bond acceptors (Lipinski definition) is 5. The molecule has 3 aromatic rings. The Bertz CT molecular complexity index is 1190. The molecule has 1 amide bonds. The first-order valence-corrected chi connectivity index (χ1v) is 9.23. The van der Waals surface area contributed by atoms with E-state index in [-0.39, 0.29) is 11.5 Å². The summed E-state index contributed by atoms with van der Waals surface area (Å²) in [6.07, 6.45) is 0. The van der Waals surface area contributed by atoms with Crippen molar-refractivity contribution in [2.75, 3.05) is 5.32 Å². The van der Waals surface area contributed by atoms with Crippen molar-refractivity contribution in [1.29, 1.82) is 0 Å². The van der Waals surface area contributed by atoms with Gasteiger partial charge in [0.1, 0.15) is 4.88 Å². The molecule has 26 heavy (non-hydrogen) atoms. The van der Waals surface area contributed by atoms with E-state index in [1.165, 1.54) is 0 Å². The van der Waals surface area contributed by atoms with E-state index < -0.39 is 5.91 Å². The van der Waals surface area contributed by atoms with Crippen molar-refractivity contribution in [3.63, 3.8) is 0 Å². The Kier molecular flexibility index (Phi) is 4.36. The molecule has 2 aromatic carbocycles. The van der Waals surface area contributed by atoms with Crippen LogP contribution in [-0.4, -0.2) is 16.0 Å². The molecule has 0 aliphatic carbocycles. The van der Waals surface area contributed by atoms with Gasteiger partial charge in [0.15, 0.2) is 5.13 Å². The van der Waals surface area contributed by atoms with Gasteiger partial charge in [0.05, 0.1) is 26.7 Å². The van der Waals surface area contributed by atoms with Crippen LogP contribution in [-0.2, 0) is 4.79 Å². The molecule has 0 fully saturated rings. The smallest absolute Gasteiger partial charge is 0.279 e. The summed E-state index contributed by atoms with van der Waals surface area (Å²) in [5, 5.41) is 15.9. The van der Waals surface area contributed by atoms with E-state index in [9.17, 15) is 9.90 Å². The number of nitrogens with one attached hydrogen (secondary N) is 1. The van der Waals surface area contributed by atoms with Crippen molar-refractivity contribution in [2.45, 2.75) is 0 Å². The van der Waals surface area contributed by atoms with Crippen molar-refractivity contribution in [3.05, 3.63) is 66.9 Å². The summed E-state index contributed by atoms with van der Waals surface area (Å²) in [4.78, 5) is 20.7. The third-order valence-electron chi connectivity index (χ3n) is 3.69. The predicted octanol–water partition coefficient (Wildman–Crippen LogP) is 3.91. The van der Waals surface area contributed by atoms with E-state index in [2.05, 4.69) is 15.3 Å². The van der Waals surface area contributed by atoms with Gasteiger partial charge in [-0.25, -0.2) is 4.99 Å². The monoisotopic (exact) mass is 423 g/mol. The lowest BCUT2D eigenvalue weighted by atomic mass is 10.1. The van der Waals surface area contributed by atoms with Crippen LogP contribution < -0.4 is 15.9 Å². The standard InChI is InChI=1S/C17H8Cl3N3O2S/c18-7-4-5-10-8(6-7)12(15(24)21-10)14-16(25)23-17(26-14)22-11-3-1-2-9(19)13(11)20/h1-6,25H,(H,22,23). The zero-order chi connectivity index (χ0) is 18.4. The average molecular weight is 425 g/mol. The second kappa shape index (κ2) is 6.55. The summed E-state index contributed by atoms with van der Waals surface area (Å²) in [6.45, 7) is 0. The number of benzene rings is 2. The highest BCUT2D eigenvalue weighted by molar-refractivity contribution is 7.17. The summed E-state index contributed by atoms with van der Waals surface area (Å²) in [5.41, 5.74) is 0.804. The number of halogens is 3. The Morgan fingerprint density at radius 3 is 2.73 bits per heavy atom. The molecule has 0 saturated carbocycles. The van der Waals surface area contributed by atoms with Gasteiger partial charge < -0.3 is 10.4 Å². The Morgan fingerprint density at radius 1 is 1.12 bits per heavy atom. The fraction of sp³-hybridized carbons (Fsp3) is 0. The molecule has 0 bridgehead atoms. The molecule has 1 aliphatic rings. The molecule has 1 aromatic heterocycles. The predicted molar refractivity (Wildman–Crippen MR) is 103 cm³/mol. The maximum absolute atomic E-state index is 12.3. The normalized spacial score (nSPS) is 12.9. The lowest BCUT2D eigenvalue weighted by Gasteiger charge is -2.05. The lowest BCUT2D eigenvalue weighted by molar-refractivity contribution is -0.112. The number of carbonyl (C=O) groups is 1. The van der Waals surface area contributed by atoms with Crippen LogP contribution >= 0.6 is 46.1 Å². The van der Waals surface area contributed by atoms with E-state index >= 15 is 0 Å². The topological polar surface area (TPSA) is 74.6 Å². The first-order chi connectivity index (χ1) is 12.4. The van der Waals surface area contributed by atoms with Crippen molar-refractivity contribution in [2.24, 2.45) is 4.99 Å². The van der Waals surface area contributed by atoms with E-state index in [0.29, 0.717) is 41.3 Å². The van der Waals surface area contributed by atoms with Crippen molar-refractivity contribution < 1.29 is 9.90 Å². The molecule has 0 spiro atoms. The number of carbonyl (C=O) groups excluding carboxylic acids is 1. The number of aromatic nitrogens is 1. The van der Waals surface area contributed by atoms with Gasteiger partial charge in [0, 0.05) is 10.2 Å². The van der Waals surface area contributed by atoms with E-state index in [0.717, 1.165) is 11.3 Å². The first-order valence-electron chi connectivity index (χ1n) is 7.28. The van der Waals surface area contributed by atoms with Gasteiger partial charge in [-0.3, -0.25) is 4.79 Å². The van der Waals surface area contributed by atoms with Crippen LogP contribution in [0.1, 0.15) is 4.88 Å². The molecule has 1 aliphatic heterocycles. The summed E-state index contributed by atoms with van der Waals surface area (Å²) in [6, 6.07) is 10.1. The number of amides is 1. The van der Waals surface area contributed by atoms with Crippen molar-refractivity contribution in [3.8, 4) is 5.88 Å². The van der Waals surface area contributed by atoms with Crippen LogP contribution in [0.5, 0.6) is 5.88 Å². The number of nitrogens with zero attached hydrogens (tertiary/aromatic N) is 2. The van der Waals surface area contributed by atoms with Gasteiger partial charge in [-0.1, -0.05) is 52.2 Å². The highest BCUT2D eigenvalue weighted by Gasteiger charge is 2.25. The fourth-order valence-electron chi connectivity index (χ4n) is 2.55. The van der Waals surface area contributed by atoms with Crippen LogP contribution in [0.25, 0.3) is 5.57 Å². The molecule has 130 valence electrons. The van der Waals surface area contributed by atoms with Gasteiger partial charge in [-0.15, -0.1) is 0 Å². The summed E-state index contributed by atoms with van der Waals surface area (Å²) in [7, 11) is 0. The maximum Gasteiger partial charge on any atom is 0.279 e. The Hall–Kier alpha value is -2.12. The van der Waals surface area contributed by atoms with Crippen molar-refractivity contribution >= 4 is 68.4 Å². The second-order valence-electron chi connectivity index (χ2n) is 5.35. The third kappa shape index (κ3) is 2.95. The van der Waals surface area contributed by atoms with Gasteiger partial charge >= 0.3 is 0 Å². The molecule has 0 radical (unpaired) electrons. The molecule has 9 heteroatoms. The van der Waals surface area contributed by atoms with E-state index in [1.807, 2.05) is 0 Å². The molecule has 2 heterocycles. The minimum absolute atomic E-state index is 0.266. The number of aromatic hydroxyl groups is 1. The minimum atomic E-state index is -0.450. The largest absolute Gasteiger partial charge is 0.492 e. The molecule has 0 unspecified atom stereocenters. The molecular weight excluding hydrogens is 417 g/mol. The quantitative estimate of drug-likeness (QED) is 0.668. The first kappa shape index (κ1) is 17.3. The van der Waals surface area contributed by atoms with Crippen LogP contribution in [0.15, 0.2) is 41.4 Å². The maximum atomic E-state index is 12.3. The molecule has 5 nitrogen and oxygen atoms in total. The zero-order valence-corrected chi connectivity index (χ0v) is 15.8. The number of rotatable bonds is 3. The van der Waals surface area contributed by atoms with Crippen LogP contribution in [0.4, 0.5) is 10.8 Å². The zero-order valence-electron chi connectivity index (χ0n) is 12.8. The average Bonchev–Trinajstić information content (AvgIpc) is 3.10. The number of hydrogen-bond donors (Lipinski definition) is 2. The lowest BCUT2D eigenvalue weighted by Crippen LogP contribution is -2.22. The van der Waals surface area contributed by atoms with Crippen LogP contribution in [0, 0.1) is 0 Å². The van der Waals surface area contributed by atoms with Gasteiger partial charge in [-0.05, 0) is 30.3 Å². The Morgan fingerprint density at radius 2 is 1.92 bits per heavy atom. The third-order valence-corrected chi connectivity index (χ3v) is 5.72. The summed E-state index contributed by atoms with van der Waals surface area (Å²) in [5.74, 6) is -0.726. The van der Waals surface area contributed by atoms with Crippen LogP contribution in [0.2, 0.25) is 15.1 Å². The minimum Gasteiger partial charge on any atom is -0.492 e. The fourth-order valence-corrected chi connectivity index (χ4v) is 3.99. The molecular formula is C17H8Cl3N3O2S. The van der Waals surface area contributed by atoms with E-state index in [4.69, 9.17) is 34.8 Å². The molecule has 0 saturated heterocycles. The summed E-state index contributed by atoms with van der Waals surface area (Å²) < 4.78 is 0. The number of fused-ring (bicyclic) bond motifs is 1. The van der Waals surface area contributed by atoms with Gasteiger partial charge in [0.2, 0.25) is 5.88 Å². The summed E-state index contributed by atoms with van der Waals surface area (Å²) >= 11 is 19.3. The van der Waals surface area contributed by atoms with Gasteiger partial charge in [-0.2, -0.15) is 4.98 Å². The van der Waals surface area contributed by atoms with E-state index in [1.54, 1.807) is 36.4 Å². The Balaban J connectivity index is 1.81. The number of anilines is 2. The highest BCUT2D eigenvalue weighted by Crippen LogP contribution is 2.37. The van der Waals surface area contributed by atoms with Crippen LogP contribution in [0.3, 0.4) is 0 Å². The van der Waals surface area contributed by atoms with Gasteiger partial charge in [0.25, 0.3) is 5.91 Å².